The lowest BCUT2D eigenvalue weighted by Gasteiger charge is -2.30. The molecule has 4 nitrogen and oxygen atoms in total. The summed E-state index contributed by atoms with van der Waals surface area (Å²) in [7, 11) is -4.53. The lowest BCUT2D eigenvalue weighted by molar-refractivity contribution is 0.105. The number of rotatable bonds is 4. The topological polar surface area (TPSA) is 55.4 Å². The van der Waals surface area contributed by atoms with Crippen molar-refractivity contribution in [3.8, 4) is 0 Å². The molecule has 1 saturated heterocycles. The number of halogens is 2. The maximum Gasteiger partial charge on any atom is 0.341 e. The number of benzene rings is 1. The van der Waals surface area contributed by atoms with Gasteiger partial charge < -0.3 is 10.1 Å². The maximum atomic E-state index is 12.4. The molecule has 1 heterocycles. The third-order valence-electron chi connectivity index (χ3n) is 3.73. The van der Waals surface area contributed by atoms with Gasteiger partial charge in [0, 0.05) is 12.3 Å². The zero-order valence-corrected chi connectivity index (χ0v) is 12.1. The van der Waals surface area contributed by atoms with E-state index in [1.807, 2.05) is 13.8 Å². The van der Waals surface area contributed by atoms with E-state index in [0.717, 1.165) is 6.42 Å². The van der Waals surface area contributed by atoms with Gasteiger partial charge in [-0.05, 0) is 44.5 Å². The van der Waals surface area contributed by atoms with E-state index < -0.39 is 15.6 Å². The SMILES string of the molecule is CC1OCCC1(C)Nc1ccc(S(=O)(=O)C(F)F)cc1. The van der Waals surface area contributed by atoms with Crippen LogP contribution >= 0.6 is 0 Å². The molecule has 0 radical (unpaired) electrons. The summed E-state index contributed by atoms with van der Waals surface area (Å²) >= 11 is 0. The van der Waals surface area contributed by atoms with Crippen LogP contribution in [0.3, 0.4) is 0 Å². The average molecular weight is 305 g/mol. The Morgan fingerprint density at radius 3 is 2.40 bits per heavy atom. The molecule has 0 aliphatic carbocycles. The van der Waals surface area contributed by atoms with Gasteiger partial charge in [-0.1, -0.05) is 0 Å². The second-order valence-corrected chi connectivity index (χ2v) is 7.05. The van der Waals surface area contributed by atoms with Gasteiger partial charge in [-0.3, -0.25) is 0 Å². The molecule has 0 aromatic heterocycles. The first kappa shape index (κ1) is 15.2. The molecule has 0 spiro atoms. The van der Waals surface area contributed by atoms with Crippen molar-refractivity contribution < 1.29 is 21.9 Å². The lowest BCUT2D eigenvalue weighted by atomic mass is 9.94. The quantitative estimate of drug-likeness (QED) is 0.929. The highest BCUT2D eigenvalue weighted by molar-refractivity contribution is 7.91. The van der Waals surface area contributed by atoms with Gasteiger partial charge in [0.05, 0.1) is 16.5 Å². The minimum atomic E-state index is -4.53. The average Bonchev–Trinajstić information content (AvgIpc) is 2.70. The molecule has 1 N–H and O–H groups in total. The molecule has 1 aromatic carbocycles. The van der Waals surface area contributed by atoms with E-state index in [0.29, 0.717) is 12.3 Å². The summed E-state index contributed by atoms with van der Waals surface area (Å²) in [4.78, 5) is -0.376. The first-order valence-corrected chi connectivity index (χ1v) is 7.82. The molecule has 20 heavy (non-hydrogen) atoms. The van der Waals surface area contributed by atoms with Crippen LogP contribution in [0.4, 0.5) is 14.5 Å². The Balaban J connectivity index is 2.17. The molecule has 2 atom stereocenters. The summed E-state index contributed by atoms with van der Waals surface area (Å²) in [6.45, 7) is 4.62. The number of nitrogens with one attached hydrogen (secondary N) is 1. The number of hydrogen-bond donors (Lipinski definition) is 1. The van der Waals surface area contributed by atoms with Crippen LogP contribution in [0.5, 0.6) is 0 Å². The van der Waals surface area contributed by atoms with Crippen LogP contribution in [0.25, 0.3) is 0 Å². The van der Waals surface area contributed by atoms with Crippen molar-refractivity contribution in [2.45, 2.75) is 42.6 Å². The molecule has 0 amide bonds. The van der Waals surface area contributed by atoms with Crippen molar-refractivity contribution in [1.82, 2.24) is 0 Å². The molecule has 1 aliphatic rings. The van der Waals surface area contributed by atoms with E-state index in [4.69, 9.17) is 4.74 Å². The molecular formula is C13H17F2NO3S. The summed E-state index contributed by atoms with van der Waals surface area (Å²) in [5.74, 6) is -3.40. The predicted octanol–water partition coefficient (Wildman–Crippen LogP) is 2.66. The van der Waals surface area contributed by atoms with Crippen molar-refractivity contribution in [2.75, 3.05) is 11.9 Å². The zero-order valence-electron chi connectivity index (χ0n) is 11.3. The number of alkyl halides is 2. The van der Waals surface area contributed by atoms with E-state index in [2.05, 4.69) is 5.32 Å². The molecule has 0 bridgehead atoms. The molecule has 1 aromatic rings. The van der Waals surface area contributed by atoms with Gasteiger partial charge in [0.15, 0.2) is 0 Å². The highest BCUT2D eigenvalue weighted by Crippen LogP contribution is 2.30. The highest BCUT2D eigenvalue weighted by Gasteiger charge is 2.36. The Bertz CT molecular complexity index is 574. The Morgan fingerprint density at radius 1 is 1.35 bits per heavy atom. The number of sulfone groups is 1. The smallest absolute Gasteiger partial charge is 0.341 e. The first-order chi connectivity index (χ1) is 9.25. The monoisotopic (exact) mass is 305 g/mol. The van der Waals surface area contributed by atoms with Crippen LogP contribution in [0.1, 0.15) is 20.3 Å². The van der Waals surface area contributed by atoms with Crippen molar-refractivity contribution in [1.29, 1.82) is 0 Å². The van der Waals surface area contributed by atoms with Crippen molar-refractivity contribution in [3.05, 3.63) is 24.3 Å². The normalized spacial score (nSPS) is 26.9. The van der Waals surface area contributed by atoms with Crippen molar-refractivity contribution in [2.24, 2.45) is 0 Å². The fraction of sp³-hybridized carbons (Fsp3) is 0.538. The van der Waals surface area contributed by atoms with E-state index in [-0.39, 0.29) is 16.5 Å². The summed E-state index contributed by atoms with van der Waals surface area (Å²) in [5.41, 5.74) is 0.432. The van der Waals surface area contributed by atoms with Crippen LogP contribution in [0.15, 0.2) is 29.2 Å². The minimum absolute atomic E-state index is 0.0203. The van der Waals surface area contributed by atoms with Crippen LogP contribution in [0, 0.1) is 0 Å². The van der Waals surface area contributed by atoms with Gasteiger partial charge in [0.1, 0.15) is 0 Å². The number of anilines is 1. The van der Waals surface area contributed by atoms with Gasteiger partial charge in [0.2, 0.25) is 9.84 Å². The molecule has 2 rings (SSSR count). The van der Waals surface area contributed by atoms with Crippen LogP contribution < -0.4 is 5.32 Å². The van der Waals surface area contributed by atoms with Crippen LogP contribution in [0.2, 0.25) is 0 Å². The Hall–Kier alpha value is -1.21. The Labute approximate surface area is 117 Å². The van der Waals surface area contributed by atoms with Gasteiger partial charge in [-0.2, -0.15) is 8.78 Å². The summed E-state index contributed by atoms with van der Waals surface area (Å²) in [6.07, 6.45) is 0.845. The Morgan fingerprint density at radius 2 is 1.95 bits per heavy atom. The summed E-state index contributed by atoms with van der Waals surface area (Å²) < 4.78 is 53.0. The van der Waals surface area contributed by atoms with Crippen LogP contribution in [-0.4, -0.2) is 32.4 Å². The molecule has 2 unspecified atom stereocenters. The van der Waals surface area contributed by atoms with E-state index in [1.165, 1.54) is 24.3 Å². The standard InChI is InChI=1S/C13H17F2NO3S/c1-9-13(2,7-8-19-9)16-10-3-5-11(6-4-10)20(17,18)12(14)15/h3-6,9,12,16H,7-8H2,1-2H3. The molecular weight excluding hydrogens is 288 g/mol. The third kappa shape index (κ3) is 2.78. The molecule has 1 aliphatic heterocycles. The maximum absolute atomic E-state index is 12.4. The molecule has 112 valence electrons. The van der Waals surface area contributed by atoms with Gasteiger partial charge in [0.25, 0.3) is 0 Å². The Kier molecular flexibility index (Phi) is 4.02. The van der Waals surface area contributed by atoms with E-state index in [1.54, 1.807) is 0 Å². The molecule has 0 saturated carbocycles. The summed E-state index contributed by atoms with van der Waals surface area (Å²) in [6, 6.07) is 5.36. The third-order valence-corrected chi connectivity index (χ3v) is 5.13. The fourth-order valence-electron chi connectivity index (χ4n) is 2.16. The fourth-order valence-corrected chi connectivity index (χ4v) is 2.88. The summed E-state index contributed by atoms with van der Waals surface area (Å²) in [5, 5.41) is 3.27. The molecule has 1 fully saturated rings. The van der Waals surface area contributed by atoms with Crippen molar-refractivity contribution in [3.63, 3.8) is 0 Å². The van der Waals surface area contributed by atoms with Gasteiger partial charge in [-0.15, -0.1) is 0 Å². The first-order valence-electron chi connectivity index (χ1n) is 6.27. The number of hydrogen-bond acceptors (Lipinski definition) is 4. The largest absolute Gasteiger partial charge is 0.377 e. The predicted molar refractivity (Wildman–Crippen MR) is 71.7 cm³/mol. The number of ether oxygens (including phenoxy) is 1. The minimum Gasteiger partial charge on any atom is -0.377 e. The van der Waals surface area contributed by atoms with E-state index >= 15 is 0 Å². The lowest BCUT2D eigenvalue weighted by Crippen LogP contribution is -2.41. The molecule has 7 heteroatoms. The second-order valence-electron chi connectivity index (χ2n) is 5.14. The van der Waals surface area contributed by atoms with Crippen LogP contribution in [-0.2, 0) is 14.6 Å². The van der Waals surface area contributed by atoms with E-state index in [9.17, 15) is 17.2 Å². The zero-order chi connectivity index (χ0) is 15.0. The van der Waals surface area contributed by atoms with Gasteiger partial charge >= 0.3 is 5.76 Å². The van der Waals surface area contributed by atoms with Crippen molar-refractivity contribution >= 4 is 15.5 Å². The second kappa shape index (κ2) is 5.29. The highest BCUT2D eigenvalue weighted by atomic mass is 32.2. The van der Waals surface area contributed by atoms with Gasteiger partial charge in [-0.25, -0.2) is 8.42 Å².